The minimum absolute atomic E-state index is 0.0207. The number of esters is 1. The average Bonchev–Trinajstić information content (AvgIpc) is 1.47. The molecule has 6 saturated carbocycles. The van der Waals surface area contributed by atoms with E-state index in [4.69, 9.17) is 9.84 Å². The van der Waals surface area contributed by atoms with Gasteiger partial charge in [0.15, 0.2) is 11.7 Å². The van der Waals surface area contributed by atoms with Gasteiger partial charge in [-0.05, 0) is 100 Å². The minimum atomic E-state index is -4.27. The van der Waals surface area contributed by atoms with Gasteiger partial charge in [-0.25, -0.2) is 59.7 Å². The molecule has 6 aliphatic heterocycles. The number of thiophene rings is 3. The number of amidine groups is 3. The first-order valence-corrected chi connectivity index (χ1v) is 51.3. The van der Waals surface area contributed by atoms with Crippen molar-refractivity contribution in [3.05, 3.63) is 80.8 Å². The summed E-state index contributed by atoms with van der Waals surface area (Å²) in [5.41, 5.74) is 7.35. The van der Waals surface area contributed by atoms with Gasteiger partial charge < -0.3 is 36.0 Å². The number of carbonyl (C=O) groups is 7. The molecule has 0 radical (unpaired) electrons. The Bertz CT molecular complexity index is 5420. The van der Waals surface area contributed by atoms with Crippen LogP contribution in [0.3, 0.4) is 0 Å². The van der Waals surface area contributed by atoms with Crippen LogP contribution >= 0.6 is 34.0 Å². The van der Waals surface area contributed by atoms with E-state index in [-0.39, 0.29) is 167 Å². The van der Waals surface area contributed by atoms with E-state index in [1.165, 1.54) is 49.5 Å². The zero-order valence-electron chi connectivity index (χ0n) is 66.6. The molecule has 0 bridgehead atoms. The molecule has 0 aromatic carbocycles. The molecule has 3 aromatic heterocycles. The average molecular weight is 1850 g/mol. The number of carboxylic acids is 1. The molecule has 15 rings (SSSR count). The molecule has 0 spiro atoms. The van der Waals surface area contributed by atoms with E-state index >= 15 is 0 Å². The van der Waals surface area contributed by atoms with Crippen LogP contribution in [0.4, 0.5) is 19.8 Å². The number of aliphatic carboxylic acids is 1. The maximum absolute atomic E-state index is 13.9. The van der Waals surface area contributed by atoms with Crippen molar-refractivity contribution in [2.75, 3.05) is 68.5 Å². The molecular formula is C71H99N17O23S9. The van der Waals surface area contributed by atoms with Gasteiger partial charge in [-0.3, -0.25) is 54.0 Å². The Hall–Kier alpha value is -8.02. The molecule has 7 fully saturated rings. The molecule has 6 unspecified atom stereocenters. The van der Waals surface area contributed by atoms with Gasteiger partial charge in [0.2, 0.25) is 41.9 Å². The van der Waals surface area contributed by atoms with Crippen molar-refractivity contribution in [3.63, 3.8) is 0 Å². The second kappa shape index (κ2) is 38.0. The number of aliphatic hydroxyl groups excluding tert-OH is 2. The quantitative estimate of drug-likeness (QED) is 0.0223. The van der Waals surface area contributed by atoms with Gasteiger partial charge in [0.05, 0.1) is 43.4 Å². The topological polar surface area (TPSA) is 547 Å². The number of hydrazine groups is 3. The Balaban J connectivity index is 0.000000154. The zero-order valence-corrected chi connectivity index (χ0v) is 73.9. The fraction of sp³-hybridized carbons (Fsp3) is 0.577. The molecule has 40 nitrogen and oxygen atoms in total. The number of rotatable bonds is 26. The number of carboxylic acid groups (broad SMARTS) is 1. The predicted octanol–water partition coefficient (Wildman–Crippen LogP) is 4.75. The lowest BCUT2D eigenvalue weighted by Crippen LogP contribution is -2.61. The van der Waals surface area contributed by atoms with Gasteiger partial charge >= 0.3 is 18.0 Å². The monoisotopic (exact) mass is 1850 g/mol. The van der Waals surface area contributed by atoms with E-state index in [0.29, 0.717) is 32.0 Å². The predicted molar refractivity (Wildman–Crippen MR) is 447 cm³/mol. The molecule has 3 aromatic rings. The van der Waals surface area contributed by atoms with Gasteiger partial charge in [-0.15, -0.1) is 60.4 Å². The Morgan fingerprint density at radius 2 is 1.02 bits per heavy atom. The molecule has 49 heteroatoms. The summed E-state index contributed by atoms with van der Waals surface area (Å²) in [6, 6.07) is 0.290. The van der Waals surface area contributed by atoms with Crippen molar-refractivity contribution in [1.82, 2.24) is 54.9 Å². The molecule has 1 saturated heterocycles. The number of anilines is 3. The smallest absolute Gasteiger partial charge is 0.332 e. The normalized spacial score (nSPS) is 24.2. The van der Waals surface area contributed by atoms with E-state index in [9.17, 15) is 94.3 Å². The van der Waals surface area contributed by atoms with Crippen LogP contribution in [0.15, 0.2) is 92.0 Å². The highest BCUT2D eigenvalue weighted by Gasteiger charge is 2.52. The Morgan fingerprint density at radius 1 is 0.592 bits per heavy atom. The number of imide groups is 2. The zero-order chi connectivity index (χ0) is 87.5. The van der Waals surface area contributed by atoms with Gasteiger partial charge in [0.1, 0.15) is 71.0 Å². The third-order valence-electron chi connectivity index (χ3n) is 22.1. The molecule has 12 aliphatic rings. The standard InChI is InChI=1S/C22H29N5O6S3.C19H25N5O6S3.C15H26N2O2.C9H11N3O6S3.C6H8N2O3/c1-3-10-26(14-6-4-7-14)27-16-9-5-8-15(16)18(28)17(22(27)29)20-24-21-19(36(32,33)25-20)13(12-34-21)11-23-35(2,30)31;1-32(27,28)20-8-10-9-31-18-16(10)33(29,30)23-17(21-18)14-15(25)12-6-3-7-13(12)24(19(14)26)22-11-4-2-5-11;1-3-11-17(12-7-5-8-12)16-14-10-6-9-13(14)15(18)19-4-2;1-20(15,16)10-3-5-4-19-9-8(5)21(17,18)12-6(11-9)2-7(13)14;1-7-4(9)3-5(10)8(2)6(7)11/h3,12,14-16,23,28H,1,4-11H2,2H3,(H,24,25);9,11-13,20,22,25H,2-8H2,1H3,(H,21,23);3,12-14,16H,1,4-11H2,2H3;4,10H,2-3H2,1H3,(H,11,12)(H,13,14);3H2,1-2H3. The van der Waals surface area contributed by atoms with Crippen molar-refractivity contribution in [3.8, 4) is 0 Å². The number of ether oxygens (including phenoxy) is 1. The highest BCUT2D eigenvalue weighted by Crippen LogP contribution is 2.47. The molecule has 9 heterocycles. The molecule has 11 N–H and O–H groups in total. The molecular weight excluding hydrogens is 1750 g/mol. The number of barbiturate groups is 1. The third kappa shape index (κ3) is 21.4. The van der Waals surface area contributed by atoms with Crippen molar-refractivity contribution in [1.29, 1.82) is 0 Å². The maximum atomic E-state index is 13.9. The summed E-state index contributed by atoms with van der Waals surface area (Å²) in [4.78, 5) is 84.0. The number of aliphatic hydroxyl groups is 2. The van der Waals surface area contributed by atoms with Crippen molar-refractivity contribution < 1.29 is 104 Å². The van der Waals surface area contributed by atoms with Crippen molar-refractivity contribution in [2.24, 2.45) is 30.9 Å². The van der Waals surface area contributed by atoms with Gasteiger partial charge in [-0.2, -0.15) is 25.3 Å². The van der Waals surface area contributed by atoms with Crippen LogP contribution < -0.4 is 41.0 Å². The summed E-state index contributed by atoms with van der Waals surface area (Å²) in [6.45, 7) is 10.7. The molecule has 6 aliphatic carbocycles. The second-order valence-electron chi connectivity index (χ2n) is 30.5. The number of nitrogens with zero attached hydrogens (tertiary/aromatic N) is 9. The fourth-order valence-corrected chi connectivity index (χ4v) is 24.7. The number of carbonyl (C=O) groups excluding carboxylic acids is 6. The molecule has 660 valence electrons. The summed E-state index contributed by atoms with van der Waals surface area (Å²) < 4.78 is 168. The van der Waals surface area contributed by atoms with Crippen LogP contribution in [-0.2, 0) is 113 Å². The Morgan fingerprint density at radius 3 is 1.46 bits per heavy atom. The number of urea groups is 1. The number of fused-ring (bicyclic) bond motifs is 5. The van der Waals surface area contributed by atoms with E-state index in [2.05, 4.69) is 72.3 Å². The van der Waals surface area contributed by atoms with Crippen LogP contribution in [0.2, 0.25) is 0 Å². The van der Waals surface area contributed by atoms with E-state index < -0.39 is 102 Å². The number of nitrogens with one attached hydrogen (secondary N) is 8. The first kappa shape index (κ1) is 92.7. The first-order valence-electron chi connectivity index (χ1n) is 38.7. The largest absolute Gasteiger partial charge is 0.511 e. The molecule has 6 amide bonds. The van der Waals surface area contributed by atoms with E-state index in [1.807, 2.05) is 18.0 Å². The second-order valence-corrected chi connectivity index (χ2v) is 43.3. The minimum Gasteiger partial charge on any atom is -0.511 e. The van der Waals surface area contributed by atoms with Gasteiger partial charge in [0.25, 0.3) is 41.9 Å². The number of hydrogen-bond donors (Lipinski definition) is 11. The first-order chi connectivity index (χ1) is 56.4. The highest BCUT2D eigenvalue weighted by molar-refractivity contribution is 7.91. The Labute approximate surface area is 708 Å². The molecule has 6 atom stereocenters. The number of sulfonamides is 6. The Kier molecular flexibility index (Phi) is 29.3. The summed E-state index contributed by atoms with van der Waals surface area (Å²) in [7, 11) is -20.4. The number of hydrogen-bond acceptors (Lipinski definition) is 32. The highest BCUT2D eigenvalue weighted by atomic mass is 32.2. The van der Waals surface area contributed by atoms with Crippen molar-refractivity contribution in [2.45, 2.75) is 206 Å². The number of amides is 6. The van der Waals surface area contributed by atoms with E-state index in [1.54, 1.807) is 16.1 Å². The summed E-state index contributed by atoms with van der Waals surface area (Å²) in [5.74, 6) is -4.55. The van der Waals surface area contributed by atoms with Crippen molar-refractivity contribution >= 4 is 168 Å². The lowest BCUT2D eigenvalue weighted by atomic mass is 9.89. The van der Waals surface area contributed by atoms with Gasteiger partial charge in [-0.1, -0.05) is 50.7 Å². The SMILES string of the molecule is C=CCN(C1CCC1)N1C(=O)C(C2=NS(=O)(=O)c3c(CNS(C)(=O)=O)csc3N2)=C(O)C2CCCC21.C=CCN(NC1CCCC1C(=O)OCC)C1CCC1.CN1C(=O)CC(=O)N(C)C1=O.CS(=O)(=O)NCc1csc2c1S(=O)(=O)N=C(C1=C(O)C3CCCC3N(NC3CCC3)C1=O)N2.CS(=O)(=O)NCc1csc2c1S(=O)(=O)N=C(CC(=O)O)N2. The summed E-state index contributed by atoms with van der Waals surface area (Å²) in [5, 5.41) is 52.1. The lowest BCUT2D eigenvalue weighted by Gasteiger charge is -2.49. The van der Waals surface area contributed by atoms with Crippen LogP contribution in [0, 0.1) is 17.8 Å². The summed E-state index contributed by atoms with van der Waals surface area (Å²) in [6.07, 6.45) is 23.3. The fourth-order valence-electron chi connectivity index (χ4n) is 15.5. The van der Waals surface area contributed by atoms with Gasteiger partial charge in [0, 0.05) is 99.5 Å². The van der Waals surface area contributed by atoms with Crippen LogP contribution in [0.5, 0.6) is 0 Å². The van der Waals surface area contributed by atoms with Crippen LogP contribution in [0.1, 0.15) is 152 Å². The molecule has 120 heavy (non-hydrogen) atoms. The van der Waals surface area contributed by atoms with E-state index in [0.717, 1.165) is 153 Å². The van der Waals surface area contributed by atoms with Crippen LogP contribution in [0.25, 0.3) is 0 Å². The lowest BCUT2D eigenvalue weighted by molar-refractivity contribution is -0.164. The van der Waals surface area contributed by atoms with Crippen LogP contribution in [-0.4, -0.2) is 244 Å². The third-order valence-corrected chi connectivity index (χ3v) is 31.5. The summed E-state index contributed by atoms with van der Waals surface area (Å²) >= 11 is 3.17. The maximum Gasteiger partial charge on any atom is 0.332 e.